The molecular formula is C7H14FNO2S. The zero-order valence-corrected chi connectivity index (χ0v) is 7.74. The van der Waals surface area contributed by atoms with Crippen LogP contribution in [0.25, 0.3) is 0 Å². The van der Waals surface area contributed by atoms with Gasteiger partial charge in [-0.3, -0.25) is 0 Å². The molecule has 1 aliphatic rings. The lowest BCUT2D eigenvalue weighted by Gasteiger charge is -2.07. The van der Waals surface area contributed by atoms with Gasteiger partial charge in [-0.1, -0.05) is 0 Å². The smallest absolute Gasteiger partial charge is 0.302 e. The van der Waals surface area contributed by atoms with E-state index in [1.165, 1.54) is 0 Å². The normalized spacial score (nSPS) is 24.6. The van der Waals surface area contributed by atoms with E-state index in [0.717, 1.165) is 25.8 Å². The summed E-state index contributed by atoms with van der Waals surface area (Å²) in [5.74, 6) is -0.328. The van der Waals surface area contributed by atoms with Gasteiger partial charge in [-0.05, 0) is 32.2 Å². The van der Waals surface area contributed by atoms with Crippen LogP contribution in [-0.2, 0) is 10.2 Å². The van der Waals surface area contributed by atoms with Gasteiger partial charge in [-0.15, -0.1) is 3.89 Å². The summed E-state index contributed by atoms with van der Waals surface area (Å²) in [7, 11) is -4.24. The van der Waals surface area contributed by atoms with E-state index >= 15 is 0 Å². The van der Waals surface area contributed by atoms with Gasteiger partial charge in [0.05, 0.1) is 5.75 Å². The van der Waals surface area contributed by atoms with Crippen molar-refractivity contribution >= 4 is 10.2 Å². The van der Waals surface area contributed by atoms with E-state index in [2.05, 4.69) is 5.32 Å². The third kappa shape index (κ3) is 4.01. The van der Waals surface area contributed by atoms with Crippen molar-refractivity contribution in [2.24, 2.45) is 0 Å². The average molecular weight is 195 g/mol. The highest BCUT2D eigenvalue weighted by molar-refractivity contribution is 7.86. The SMILES string of the molecule is O=S(=O)(F)CCCC1CCCN1. The molecule has 0 aromatic carbocycles. The molecular weight excluding hydrogens is 181 g/mol. The third-order valence-corrected chi connectivity index (χ3v) is 2.88. The Morgan fingerprint density at radius 3 is 2.75 bits per heavy atom. The number of rotatable bonds is 4. The van der Waals surface area contributed by atoms with Crippen LogP contribution in [0.4, 0.5) is 3.89 Å². The van der Waals surface area contributed by atoms with Crippen molar-refractivity contribution in [1.82, 2.24) is 5.32 Å². The van der Waals surface area contributed by atoms with Gasteiger partial charge in [0.25, 0.3) is 0 Å². The van der Waals surface area contributed by atoms with Crippen molar-refractivity contribution in [2.45, 2.75) is 31.7 Å². The predicted octanol–water partition coefficient (Wildman–Crippen LogP) is 0.818. The van der Waals surface area contributed by atoms with Gasteiger partial charge in [0.2, 0.25) is 0 Å². The van der Waals surface area contributed by atoms with E-state index in [1.54, 1.807) is 0 Å². The molecule has 72 valence electrons. The summed E-state index contributed by atoms with van der Waals surface area (Å²) >= 11 is 0. The highest BCUT2D eigenvalue weighted by Crippen LogP contribution is 2.11. The van der Waals surface area contributed by atoms with Crippen LogP contribution >= 0.6 is 0 Å². The van der Waals surface area contributed by atoms with E-state index in [1.807, 2.05) is 0 Å². The largest absolute Gasteiger partial charge is 0.314 e. The second-order valence-electron chi connectivity index (χ2n) is 3.18. The fourth-order valence-corrected chi connectivity index (χ4v) is 2.02. The molecule has 1 heterocycles. The Morgan fingerprint density at radius 2 is 2.25 bits per heavy atom. The number of nitrogens with one attached hydrogen (secondary N) is 1. The van der Waals surface area contributed by atoms with Crippen LogP contribution < -0.4 is 5.32 Å². The molecule has 5 heteroatoms. The Kier molecular flexibility index (Phi) is 3.46. The van der Waals surface area contributed by atoms with Crippen LogP contribution in [0.5, 0.6) is 0 Å². The number of hydrogen-bond donors (Lipinski definition) is 1. The molecule has 1 unspecified atom stereocenters. The Labute approximate surface area is 72.6 Å². The molecule has 1 rings (SSSR count). The first-order valence-electron chi connectivity index (χ1n) is 4.24. The molecule has 0 bridgehead atoms. The maximum atomic E-state index is 12.0. The first-order valence-corrected chi connectivity index (χ1v) is 5.79. The molecule has 12 heavy (non-hydrogen) atoms. The molecule has 3 nitrogen and oxygen atoms in total. The second-order valence-corrected chi connectivity index (χ2v) is 4.66. The average Bonchev–Trinajstić information content (AvgIpc) is 2.36. The molecule has 1 N–H and O–H groups in total. The standard InChI is InChI=1S/C7H14FNO2S/c8-12(10,11)6-2-4-7-3-1-5-9-7/h7,9H,1-6H2. The van der Waals surface area contributed by atoms with Gasteiger partial charge >= 0.3 is 10.2 Å². The second kappa shape index (κ2) is 4.18. The molecule has 0 amide bonds. The summed E-state index contributed by atoms with van der Waals surface area (Å²) in [6.45, 7) is 1.01. The van der Waals surface area contributed by atoms with Crippen LogP contribution in [0.15, 0.2) is 0 Å². The minimum atomic E-state index is -4.24. The third-order valence-electron chi connectivity index (χ3n) is 2.10. The van der Waals surface area contributed by atoms with Crippen molar-refractivity contribution in [3.63, 3.8) is 0 Å². The minimum absolute atomic E-state index is 0.328. The fraction of sp³-hybridized carbons (Fsp3) is 1.00. The van der Waals surface area contributed by atoms with Crippen LogP contribution in [0.1, 0.15) is 25.7 Å². The number of hydrogen-bond acceptors (Lipinski definition) is 3. The first kappa shape index (κ1) is 9.92. The molecule has 1 fully saturated rings. The molecule has 1 atom stereocenters. The van der Waals surface area contributed by atoms with Crippen molar-refractivity contribution in [3.8, 4) is 0 Å². The van der Waals surface area contributed by atoms with E-state index in [-0.39, 0.29) is 5.75 Å². The van der Waals surface area contributed by atoms with Gasteiger partial charge in [-0.25, -0.2) is 0 Å². The lowest BCUT2D eigenvalue weighted by molar-refractivity contribution is 0.526. The molecule has 0 spiro atoms. The van der Waals surface area contributed by atoms with Gasteiger partial charge in [0.1, 0.15) is 0 Å². The minimum Gasteiger partial charge on any atom is -0.314 e. The van der Waals surface area contributed by atoms with Crippen molar-refractivity contribution < 1.29 is 12.3 Å². The Balaban J connectivity index is 2.09. The zero-order chi connectivity index (χ0) is 9.03. The molecule has 1 aliphatic heterocycles. The Hall–Kier alpha value is -0.160. The van der Waals surface area contributed by atoms with Crippen LogP contribution in [0.2, 0.25) is 0 Å². The van der Waals surface area contributed by atoms with Crippen LogP contribution in [0.3, 0.4) is 0 Å². The zero-order valence-electron chi connectivity index (χ0n) is 6.92. The van der Waals surface area contributed by atoms with E-state index < -0.39 is 10.2 Å². The summed E-state index contributed by atoms with van der Waals surface area (Å²) < 4.78 is 32.3. The quantitative estimate of drug-likeness (QED) is 0.675. The molecule has 0 aliphatic carbocycles. The lowest BCUT2D eigenvalue weighted by atomic mass is 10.1. The molecule has 0 saturated carbocycles. The molecule has 0 radical (unpaired) electrons. The van der Waals surface area contributed by atoms with Crippen molar-refractivity contribution in [2.75, 3.05) is 12.3 Å². The topological polar surface area (TPSA) is 46.2 Å². The fourth-order valence-electron chi connectivity index (χ4n) is 1.51. The predicted molar refractivity (Wildman–Crippen MR) is 45.2 cm³/mol. The van der Waals surface area contributed by atoms with E-state index in [0.29, 0.717) is 12.5 Å². The van der Waals surface area contributed by atoms with Gasteiger partial charge in [0, 0.05) is 6.04 Å². The molecule has 0 aromatic rings. The summed E-state index contributed by atoms with van der Waals surface area (Å²) in [5.41, 5.74) is 0. The van der Waals surface area contributed by atoms with E-state index in [4.69, 9.17) is 0 Å². The van der Waals surface area contributed by atoms with Gasteiger partial charge in [0.15, 0.2) is 0 Å². The summed E-state index contributed by atoms with van der Waals surface area (Å²) in [4.78, 5) is 0. The highest BCUT2D eigenvalue weighted by Gasteiger charge is 2.15. The highest BCUT2D eigenvalue weighted by atomic mass is 32.3. The summed E-state index contributed by atoms with van der Waals surface area (Å²) in [6, 6.07) is 0.409. The first-order chi connectivity index (χ1) is 5.58. The Morgan fingerprint density at radius 1 is 1.50 bits per heavy atom. The number of halogens is 1. The molecule has 0 aromatic heterocycles. The Bertz CT molecular complexity index is 222. The van der Waals surface area contributed by atoms with Crippen LogP contribution in [0, 0.1) is 0 Å². The summed E-state index contributed by atoms with van der Waals surface area (Å²) in [6.07, 6.45) is 3.43. The van der Waals surface area contributed by atoms with Gasteiger partial charge in [-0.2, -0.15) is 8.42 Å². The molecule has 1 saturated heterocycles. The maximum Gasteiger partial charge on any atom is 0.302 e. The lowest BCUT2D eigenvalue weighted by Crippen LogP contribution is -2.21. The van der Waals surface area contributed by atoms with Gasteiger partial charge < -0.3 is 5.32 Å². The van der Waals surface area contributed by atoms with Crippen molar-refractivity contribution in [3.05, 3.63) is 0 Å². The summed E-state index contributed by atoms with van der Waals surface area (Å²) in [5, 5.41) is 3.23. The van der Waals surface area contributed by atoms with Crippen molar-refractivity contribution in [1.29, 1.82) is 0 Å². The van der Waals surface area contributed by atoms with E-state index in [9.17, 15) is 12.3 Å². The monoisotopic (exact) mass is 195 g/mol. The maximum absolute atomic E-state index is 12.0. The van der Waals surface area contributed by atoms with Crippen LogP contribution in [-0.4, -0.2) is 26.8 Å².